The predicted octanol–water partition coefficient (Wildman–Crippen LogP) is 3.48. The van der Waals surface area contributed by atoms with Crippen LogP contribution in [-0.2, 0) is 0 Å². The SMILES string of the molecule is COc1ccc(C(=O)c2cncc3ccccc23)cc1OC. The summed E-state index contributed by atoms with van der Waals surface area (Å²) in [7, 11) is 3.11. The molecule has 0 aliphatic rings. The molecule has 0 saturated heterocycles. The van der Waals surface area contributed by atoms with Gasteiger partial charge in [0.15, 0.2) is 17.3 Å². The Labute approximate surface area is 128 Å². The fourth-order valence-electron chi connectivity index (χ4n) is 2.43. The number of pyridine rings is 1. The van der Waals surface area contributed by atoms with Crippen LogP contribution in [0.4, 0.5) is 0 Å². The molecule has 0 radical (unpaired) electrons. The fourth-order valence-corrected chi connectivity index (χ4v) is 2.43. The summed E-state index contributed by atoms with van der Waals surface area (Å²) in [6, 6.07) is 12.8. The van der Waals surface area contributed by atoms with Crippen molar-refractivity contribution in [2.45, 2.75) is 0 Å². The van der Waals surface area contributed by atoms with Crippen molar-refractivity contribution in [2.24, 2.45) is 0 Å². The van der Waals surface area contributed by atoms with E-state index in [1.807, 2.05) is 24.3 Å². The standard InChI is InChI=1S/C18H15NO3/c1-21-16-8-7-12(9-17(16)22-2)18(20)15-11-19-10-13-5-3-4-6-14(13)15/h3-11H,1-2H3. The van der Waals surface area contributed by atoms with Crippen molar-refractivity contribution in [3.63, 3.8) is 0 Å². The molecule has 0 N–H and O–H groups in total. The van der Waals surface area contributed by atoms with E-state index in [1.54, 1.807) is 44.8 Å². The van der Waals surface area contributed by atoms with Crippen LogP contribution in [0.25, 0.3) is 10.8 Å². The Bertz CT molecular complexity index is 837. The second kappa shape index (κ2) is 5.85. The molecule has 0 atom stereocenters. The highest BCUT2D eigenvalue weighted by molar-refractivity contribution is 6.16. The van der Waals surface area contributed by atoms with Crippen LogP contribution in [0, 0.1) is 0 Å². The highest BCUT2D eigenvalue weighted by Crippen LogP contribution is 2.29. The number of rotatable bonds is 4. The van der Waals surface area contributed by atoms with Gasteiger partial charge in [-0.15, -0.1) is 0 Å². The molecule has 4 nitrogen and oxygen atoms in total. The molecule has 0 unspecified atom stereocenters. The molecule has 0 spiro atoms. The molecule has 22 heavy (non-hydrogen) atoms. The van der Waals surface area contributed by atoms with Gasteiger partial charge in [0.25, 0.3) is 0 Å². The van der Waals surface area contributed by atoms with Gasteiger partial charge in [0.2, 0.25) is 0 Å². The van der Waals surface area contributed by atoms with Crippen LogP contribution in [0.2, 0.25) is 0 Å². The van der Waals surface area contributed by atoms with Crippen molar-refractivity contribution >= 4 is 16.6 Å². The van der Waals surface area contributed by atoms with Crippen LogP contribution in [0.5, 0.6) is 11.5 Å². The number of fused-ring (bicyclic) bond motifs is 1. The molecule has 0 amide bonds. The van der Waals surface area contributed by atoms with Crippen molar-refractivity contribution in [2.75, 3.05) is 14.2 Å². The quantitative estimate of drug-likeness (QED) is 0.691. The summed E-state index contributed by atoms with van der Waals surface area (Å²) >= 11 is 0. The van der Waals surface area contributed by atoms with Crippen molar-refractivity contribution in [1.82, 2.24) is 4.98 Å². The van der Waals surface area contributed by atoms with Crippen LogP contribution < -0.4 is 9.47 Å². The minimum absolute atomic E-state index is 0.0924. The molecule has 3 rings (SSSR count). The lowest BCUT2D eigenvalue weighted by Gasteiger charge is -2.10. The molecule has 0 aliphatic heterocycles. The summed E-state index contributed by atoms with van der Waals surface area (Å²) in [6.07, 6.45) is 3.35. The predicted molar refractivity (Wildman–Crippen MR) is 84.7 cm³/mol. The smallest absolute Gasteiger partial charge is 0.195 e. The Balaban J connectivity index is 2.10. The second-order valence-electron chi connectivity index (χ2n) is 4.81. The number of carbonyl (C=O) groups excluding carboxylic acids is 1. The third kappa shape index (κ3) is 2.39. The Morgan fingerprint density at radius 1 is 0.955 bits per heavy atom. The van der Waals surface area contributed by atoms with E-state index < -0.39 is 0 Å². The largest absolute Gasteiger partial charge is 0.493 e. The van der Waals surface area contributed by atoms with Crippen molar-refractivity contribution in [1.29, 1.82) is 0 Å². The van der Waals surface area contributed by atoms with Crippen LogP contribution in [0.1, 0.15) is 15.9 Å². The molecule has 0 aliphatic carbocycles. The van der Waals surface area contributed by atoms with Crippen LogP contribution >= 0.6 is 0 Å². The summed E-state index contributed by atoms with van der Waals surface area (Å²) in [6.45, 7) is 0. The molecule has 0 bridgehead atoms. The minimum atomic E-state index is -0.0924. The summed E-state index contributed by atoms with van der Waals surface area (Å²) < 4.78 is 10.5. The number of hydrogen-bond donors (Lipinski definition) is 0. The number of nitrogens with zero attached hydrogens (tertiary/aromatic N) is 1. The number of ether oxygens (including phenoxy) is 2. The number of ketones is 1. The third-order valence-corrected chi connectivity index (χ3v) is 3.56. The monoisotopic (exact) mass is 293 g/mol. The summed E-state index contributed by atoms with van der Waals surface area (Å²) in [5, 5.41) is 1.83. The van der Waals surface area contributed by atoms with Crippen molar-refractivity contribution in [3.8, 4) is 11.5 Å². The number of methoxy groups -OCH3 is 2. The van der Waals surface area contributed by atoms with E-state index in [4.69, 9.17) is 9.47 Å². The Morgan fingerprint density at radius 3 is 2.50 bits per heavy atom. The molecule has 0 saturated carbocycles. The van der Waals surface area contributed by atoms with Crippen LogP contribution in [-0.4, -0.2) is 25.0 Å². The van der Waals surface area contributed by atoms with Gasteiger partial charge in [0.05, 0.1) is 14.2 Å². The first-order chi connectivity index (χ1) is 10.7. The number of hydrogen-bond acceptors (Lipinski definition) is 4. The maximum atomic E-state index is 12.8. The summed E-state index contributed by atoms with van der Waals surface area (Å²) in [5.41, 5.74) is 1.11. The van der Waals surface area contributed by atoms with Gasteiger partial charge in [-0.25, -0.2) is 0 Å². The zero-order valence-electron chi connectivity index (χ0n) is 12.4. The van der Waals surface area contributed by atoms with Gasteiger partial charge in [0.1, 0.15) is 0 Å². The molecule has 2 aromatic carbocycles. The summed E-state index contributed by atoms with van der Waals surface area (Å²) in [5.74, 6) is 1.03. The molecule has 4 heteroatoms. The molecule has 1 aromatic heterocycles. The van der Waals surface area contributed by atoms with Gasteiger partial charge >= 0.3 is 0 Å². The number of aromatic nitrogens is 1. The van der Waals surface area contributed by atoms with Gasteiger partial charge in [-0.2, -0.15) is 0 Å². The van der Waals surface area contributed by atoms with Gasteiger partial charge < -0.3 is 9.47 Å². The average Bonchev–Trinajstić information content (AvgIpc) is 2.60. The van der Waals surface area contributed by atoms with E-state index in [9.17, 15) is 4.79 Å². The molecular weight excluding hydrogens is 278 g/mol. The zero-order chi connectivity index (χ0) is 15.5. The first-order valence-corrected chi connectivity index (χ1v) is 6.84. The first kappa shape index (κ1) is 14.1. The topological polar surface area (TPSA) is 48.4 Å². The highest BCUT2D eigenvalue weighted by atomic mass is 16.5. The van der Waals surface area contributed by atoms with Crippen molar-refractivity contribution < 1.29 is 14.3 Å². The Hall–Kier alpha value is -2.88. The van der Waals surface area contributed by atoms with Gasteiger partial charge in [0, 0.05) is 28.9 Å². The normalized spacial score (nSPS) is 10.5. The highest BCUT2D eigenvalue weighted by Gasteiger charge is 2.15. The lowest BCUT2D eigenvalue weighted by molar-refractivity contribution is 0.103. The average molecular weight is 293 g/mol. The Morgan fingerprint density at radius 2 is 1.73 bits per heavy atom. The van der Waals surface area contributed by atoms with E-state index in [2.05, 4.69) is 4.98 Å². The number of benzene rings is 2. The summed E-state index contributed by atoms with van der Waals surface area (Å²) in [4.78, 5) is 17.0. The zero-order valence-corrected chi connectivity index (χ0v) is 12.4. The van der Waals surface area contributed by atoms with Crippen LogP contribution in [0.3, 0.4) is 0 Å². The number of carbonyl (C=O) groups is 1. The van der Waals surface area contributed by atoms with Gasteiger partial charge in [-0.1, -0.05) is 24.3 Å². The lowest BCUT2D eigenvalue weighted by atomic mass is 9.99. The van der Waals surface area contributed by atoms with E-state index >= 15 is 0 Å². The second-order valence-corrected chi connectivity index (χ2v) is 4.81. The Kier molecular flexibility index (Phi) is 3.74. The molecule has 110 valence electrons. The van der Waals surface area contributed by atoms with E-state index in [0.29, 0.717) is 22.6 Å². The van der Waals surface area contributed by atoms with E-state index in [0.717, 1.165) is 10.8 Å². The minimum Gasteiger partial charge on any atom is -0.493 e. The van der Waals surface area contributed by atoms with E-state index in [-0.39, 0.29) is 5.78 Å². The molecule has 1 heterocycles. The maximum Gasteiger partial charge on any atom is 0.195 e. The van der Waals surface area contributed by atoms with Crippen LogP contribution in [0.15, 0.2) is 54.9 Å². The molecule has 3 aromatic rings. The fraction of sp³-hybridized carbons (Fsp3) is 0.111. The molecule has 0 fully saturated rings. The van der Waals surface area contributed by atoms with E-state index in [1.165, 1.54) is 0 Å². The van der Waals surface area contributed by atoms with Gasteiger partial charge in [-0.05, 0) is 23.6 Å². The van der Waals surface area contributed by atoms with Gasteiger partial charge in [-0.3, -0.25) is 9.78 Å². The first-order valence-electron chi connectivity index (χ1n) is 6.84. The van der Waals surface area contributed by atoms with Crippen molar-refractivity contribution in [3.05, 3.63) is 66.0 Å². The lowest BCUT2D eigenvalue weighted by Crippen LogP contribution is -2.04. The molecular formula is C18H15NO3. The third-order valence-electron chi connectivity index (χ3n) is 3.56. The maximum absolute atomic E-state index is 12.8.